The SMILES string of the molecule is C=COCC(C)(COCC(C)(C)COCC(C)(COC)COC(=O)c1ccc(N)cc1)COC(=O)c1ccc(N)cc1. The standard InChI is InChI=1S/C32H46N2O8/c1-7-38-19-32(5,23-42-29(36)25-10-14-27(34)15-11-25)21-40-17-30(2,3)16-39-20-31(4,18-37-6)22-41-28(35)24-8-12-26(33)13-9-24/h7-15H,1,16-23,33-34H2,2-6H3. The van der Waals surface area contributed by atoms with E-state index in [0.717, 1.165) is 0 Å². The number of carbonyl (C=O) groups is 2. The van der Waals surface area contributed by atoms with Crippen LogP contribution in [-0.4, -0.2) is 71.9 Å². The molecule has 0 aliphatic rings. The molecule has 0 amide bonds. The first-order chi connectivity index (χ1) is 19.8. The minimum Gasteiger partial charge on any atom is -0.501 e. The monoisotopic (exact) mass is 586 g/mol. The number of nitrogens with two attached hydrogens (primary N) is 2. The number of benzene rings is 2. The average Bonchev–Trinajstić information content (AvgIpc) is 2.94. The molecule has 0 aromatic heterocycles. The van der Waals surface area contributed by atoms with Crippen molar-refractivity contribution in [3.05, 3.63) is 72.5 Å². The summed E-state index contributed by atoms with van der Waals surface area (Å²) in [6.07, 6.45) is 1.35. The van der Waals surface area contributed by atoms with E-state index in [2.05, 4.69) is 6.58 Å². The first kappa shape index (κ1) is 34.6. The summed E-state index contributed by atoms with van der Waals surface area (Å²) in [5.74, 6) is -0.888. The van der Waals surface area contributed by atoms with Crippen LogP contribution in [0.5, 0.6) is 0 Å². The highest BCUT2D eigenvalue weighted by Gasteiger charge is 2.31. The van der Waals surface area contributed by atoms with Gasteiger partial charge in [0.15, 0.2) is 0 Å². The van der Waals surface area contributed by atoms with Crippen molar-refractivity contribution in [2.75, 3.05) is 71.4 Å². The fraction of sp³-hybridized carbons (Fsp3) is 0.500. The maximum Gasteiger partial charge on any atom is 0.338 e. The van der Waals surface area contributed by atoms with Crippen LogP contribution in [0.2, 0.25) is 0 Å². The first-order valence-electron chi connectivity index (χ1n) is 13.7. The lowest BCUT2D eigenvalue weighted by molar-refractivity contribution is -0.0806. The van der Waals surface area contributed by atoms with Crippen molar-refractivity contribution in [3.8, 4) is 0 Å². The number of esters is 2. The number of ether oxygens (including phenoxy) is 6. The van der Waals surface area contributed by atoms with E-state index in [1.54, 1.807) is 55.6 Å². The fourth-order valence-corrected chi connectivity index (χ4v) is 3.93. The van der Waals surface area contributed by atoms with Crippen LogP contribution < -0.4 is 11.5 Å². The van der Waals surface area contributed by atoms with E-state index < -0.39 is 22.8 Å². The van der Waals surface area contributed by atoms with Gasteiger partial charge in [0.1, 0.15) is 13.2 Å². The largest absolute Gasteiger partial charge is 0.501 e. The van der Waals surface area contributed by atoms with Crippen LogP contribution in [0.25, 0.3) is 0 Å². The molecule has 0 radical (unpaired) electrons. The summed E-state index contributed by atoms with van der Waals surface area (Å²) in [6.45, 7) is 13.7. The van der Waals surface area contributed by atoms with E-state index in [4.69, 9.17) is 39.9 Å². The lowest BCUT2D eigenvalue weighted by atomic mass is 9.92. The molecule has 42 heavy (non-hydrogen) atoms. The van der Waals surface area contributed by atoms with Crippen LogP contribution >= 0.6 is 0 Å². The van der Waals surface area contributed by atoms with E-state index in [1.165, 1.54) is 6.26 Å². The molecule has 232 valence electrons. The van der Waals surface area contributed by atoms with Crippen molar-refractivity contribution in [1.82, 2.24) is 0 Å². The van der Waals surface area contributed by atoms with Crippen molar-refractivity contribution in [2.45, 2.75) is 27.7 Å². The number of nitrogen functional groups attached to an aromatic ring is 2. The third-order valence-electron chi connectivity index (χ3n) is 6.33. The smallest absolute Gasteiger partial charge is 0.338 e. The first-order valence-corrected chi connectivity index (χ1v) is 13.7. The molecular weight excluding hydrogens is 540 g/mol. The molecule has 0 fully saturated rings. The fourth-order valence-electron chi connectivity index (χ4n) is 3.93. The van der Waals surface area contributed by atoms with Crippen LogP contribution in [-0.2, 0) is 28.4 Å². The third-order valence-corrected chi connectivity index (χ3v) is 6.33. The Kier molecular flexibility index (Phi) is 13.3. The number of methoxy groups -OCH3 is 1. The second-order valence-corrected chi connectivity index (χ2v) is 12.1. The summed E-state index contributed by atoms with van der Waals surface area (Å²) < 4.78 is 34.1. The van der Waals surface area contributed by atoms with Crippen molar-refractivity contribution >= 4 is 23.3 Å². The van der Waals surface area contributed by atoms with E-state index in [0.29, 0.717) is 48.9 Å². The minimum atomic E-state index is -0.611. The molecule has 2 aromatic rings. The van der Waals surface area contributed by atoms with Gasteiger partial charge >= 0.3 is 11.9 Å². The molecule has 2 aromatic carbocycles. The number of rotatable bonds is 19. The third kappa shape index (κ3) is 12.1. The zero-order valence-electron chi connectivity index (χ0n) is 25.5. The Morgan fingerprint density at radius 3 is 1.45 bits per heavy atom. The molecule has 10 heteroatoms. The summed E-state index contributed by atoms with van der Waals surface area (Å²) in [5, 5.41) is 0. The topological polar surface area (TPSA) is 142 Å². The number of anilines is 2. The Morgan fingerprint density at radius 2 is 1.07 bits per heavy atom. The normalized spacial score (nSPS) is 14.3. The van der Waals surface area contributed by atoms with Crippen molar-refractivity contribution in [2.24, 2.45) is 16.2 Å². The van der Waals surface area contributed by atoms with Crippen molar-refractivity contribution in [1.29, 1.82) is 0 Å². The molecule has 0 heterocycles. The molecule has 0 spiro atoms. The summed E-state index contributed by atoms with van der Waals surface area (Å²) in [5.41, 5.74) is 11.9. The Balaban J connectivity index is 1.85. The van der Waals surface area contributed by atoms with E-state index in [-0.39, 0.29) is 31.8 Å². The molecule has 0 bridgehead atoms. The van der Waals surface area contributed by atoms with Crippen molar-refractivity contribution < 1.29 is 38.0 Å². The Labute approximate surface area is 249 Å². The van der Waals surface area contributed by atoms with Crippen LogP contribution in [0.4, 0.5) is 11.4 Å². The van der Waals surface area contributed by atoms with Gasteiger partial charge in [-0.05, 0) is 48.5 Å². The maximum absolute atomic E-state index is 12.5. The number of hydrogen-bond acceptors (Lipinski definition) is 10. The predicted molar refractivity (Wildman–Crippen MR) is 162 cm³/mol. The number of carbonyl (C=O) groups excluding carboxylic acids is 2. The second-order valence-electron chi connectivity index (χ2n) is 12.1. The Hall–Kier alpha value is -3.60. The van der Waals surface area contributed by atoms with Gasteiger partial charge in [-0.2, -0.15) is 0 Å². The Bertz CT molecular complexity index is 1140. The Morgan fingerprint density at radius 1 is 0.667 bits per heavy atom. The van der Waals surface area contributed by atoms with Gasteiger partial charge in [-0.15, -0.1) is 0 Å². The molecule has 0 saturated carbocycles. The number of hydrogen-bond donors (Lipinski definition) is 2. The molecule has 2 atom stereocenters. The van der Waals surface area contributed by atoms with Crippen LogP contribution in [0.3, 0.4) is 0 Å². The zero-order chi connectivity index (χ0) is 31.2. The van der Waals surface area contributed by atoms with Crippen LogP contribution in [0, 0.1) is 16.2 Å². The summed E-state index contributed by atoms with van der Waals surface area (Å²) >= 11 is 0. The maximum atomic E-state index is 12.5. The van der Waals surface area contributed by atoms with Gasteiger partial charge < -0.3 is 39.9 Å². The van der Waals surface area contributed by atoms with Gasteiger partial charge in [0.2, 0.25) is 0 Å². The minimum absolute atomic E-state index is 0.0887. The summed E-state index contributed by atoms with van der Waals surface area (Å²) in [4.78, 5) is 25.0. The summed E-state index contributed by atoms with van der Waals surface area (Å²) in [6, 6.07) is 13.1. The molecule has 2 unspecified atom stereocenters. The van der Waals surface area contributed by atoms with Crippen LogP contribution in [0.15, 0.2) is 61.4 Å². The highest BCUT2D eigenvalue weighted by Crippen LogP contribution is 2.25. The molecule has 10 nitrogen and oxygen atoms in total. The summed E-state index contributed by atoms with van der Waals surface area (Å²) in [7, 11) is 1.60. The van der Waals surface area contributed by atoms with E-state index in [1.807, 2.05) is 27.7 Å². The predicted octanol–water partition coefficient (Wildman–Crippen LogP) is 4.74. The quantitative estimate of drug-likeness (QED) is 0.135. The molecule has 0 aliphatic heterocycles. The van der Waals surface area contributed by atoms with Gasteiger partial charge in [-0.3, -0.25) is 0 Å². The van der Waals surface area contributed by atoms with E-state index in [9.17, 15) is 9.59 Å². The molecule has 0 aliphatic carbocycles. The lowest BCUT2D eigenvalue weighted by Gasteiger charge is -2.32. The van der Waals surface area contributed by atoms with E-state index >= 15 is 0 Å². The highest BCUT2D eigenvalue weighted by molar-refractivity contribution is 5.90. The molecule has 2 rings (SSSR count). The molecule has 0 saturated heterocycles. The van der Waals surface area contributed by atoms with Gasteiger partial charge in [0, 0.05) is 29.3 Å². The second kappa shape index (κ2) is 16.1. The molecule has 4 N–H and O–H groups in total. The molecular formula is C32H46N2O8. The van der Waals surface area contributed by atoms with Gasteiger partial charge in [0.05, 0.1) is 62.4 Å². The van der Waals surface area contributed by atoms with Crippen molar-refractivity contribution in [3.63, 3.8) is 0 Å². The average molecular weight is 587 g/mol. The van der Waals surface area contributed by atoms with Gasteiger partial charge in [-0.1, -0.05) is 34.3 Å². The highest BCUT2D eigenvalue weighted by atomic mass is 16.5. The zero-order valence-corrected chi connectivity index (χ0v) is 25.5. The van der Waals surface area contributed by atoms with Gasteiger partial charge in [0.25, 0.3) is 0 Å². The van der Waals surface area contributed by atoms with Crippen LogP contribution in [0.1, 0.15) is 48.4 Å². The van der Waals surface area contributed by atoms with Gasteiger partial charge in [-0.25, -0.2) is 9.59 Å². The lowest BCUT2D eigenvalue weighted by Crippen LogP contribution is -2.38.